The van der Waals surface area contributed by atoms with Crippen molar-refractivity contribution in [3.63, 3.8) is 0 Å². The quantitative estimate of drug-likeness (QED) is 0.0261. The molecule has 6 nitrogen and oxygen atoms in total. The van der Waals surface area contributed by atoms with Gasteiger partial charge in [0.2, 0.25) is 0 Å². The van der Waals surface area contributed by atoms with Crippen LogP contribution in [0.3, 0.4) is 0 Å². The average Bonchev–Trinajstić information content (AvgIpc) is 3.44. The number of esters is 3. The third-order valence-corrected chi connectivity index (χ3v) is 14.3. The number of unbranched alkanes of at least 4 members (excludes halogenated alkanes) is 33. The standard InChI is InChI=1S/C72H124O6/c1-4-7-10-13-16-19-22-25-28-31-33-34-35-36-37-39-41-44-47-50-53-56-59-62-65-71(74)77-68-69(67-76-70(73)64-61-58-55-52-49-46-43-40-30-27-24-21-18-15-12-9-6-3)78-72(75)66-63-60-57-54-51-48-45-42-38-32-29-26-23-20-17-14-11-8-5-2/h8,11,17-18,20-21,26-27,29-30,38,42,48,51,57,60,69H,4-7,9-10,12-16,19,22-25,28,31-37,39-41,43-47,49-50,52-56,58-59,61-68H2,1-3H3/b11-8-,20-17-,21-18-,29-26-,30-27-,42-38-,51-48-,60-57-. The van der Waals surface area contributed by atoms with E-state index in [-0.39, 0.29) is 31.6 Å². The molecule has 0 saturated heterocycles. The zero-order valence-corrected chi connectivity index (χ0v) is 51.4. The summed E-state index contributed by atoms with van der Waals surface area (Å²) >= 11 is 0. The minimum absolute atomic E-state index is 0.108. The van der Waals surface area contributed by atoms with Crippen LogP contribution < -0.4 is 0 Å². The molecule has 0 radical (unpaired) electrons. The largest absolute Gasteiger partial charge is 0.462 e. The van der Waals surface area contributed by atoms with E-state index in [2.05, 4.69) is 112 Å². The van der Waals surface area contributed by atoms with Gasteiger partial charge in [-0.3, -0.25) is 14.4 Å². The molecule has 448 valence electrons. The first-order valence-electron chi connectivity index (χ1n) is 33.2. The van der Waals surface area contributed by atoms with E-state index in [4.69, 9.17) is 14.2 Å². The summed E-state index contributed by atoms with van der Waals surface area (Å²) in [5, 5.41) is 0. The van der Waals surface area contributed by atoms with E-state index in [1.54, 1.807) is 0 Å². The third-order valence-electron chi connectivity index (χ3n) is 14.3. The zero-order chi connectivity index (χ0) is 56.4. The lowest BCUT2D eigenvalue weighted by Crippen LogP contribution is -2.30. The monoisotopic (exact) mass is 1080 g/mol. The van der Waals surface area contributed by atoms with Crippen molar-refractivity contribution >= 4 is 17.9 Å². The van der Waals surface area contributed by atoms with Crippen LogP contribution in [0.1, 0.15) is 323 Å². The lowest BCUT2D eigenvalue weighted by molar-refractivity contribution is -0.166. The number of hydrogen-bond donors (Lipinski definition) is 0. The van der Waals surface area contributed by atoms with Gasteiger partial charge in [0, 0.05) is 19.3 Å². The van der Waals surface area contributed by atoms with Gasteiger partial charge in [0.25, 0.3) is 0 Å². The maximum atomic E-state index is 12.9. The van der Waals surface area contributed by atoms with Crippen molar-refractivity contribution in [2.75, 3.05) is 13.2 Å². The fourth-order valence-corrected chi connectivity index (χ4v) is 9.38. The Morgan fingerprint density at radius 1 is 0.269 bits per heavy atom. The Balaban J connectivity index is 4.42. The summed E-state index contributed by atoms with van der Waals surface area (Å²) in [5.74, 6) is -0.988. The fourth-order valence-electron chi connectivity index (χ4n) is 9.38. The number of hydrogen-bond acceptors (Lipinski definition) is 6. The lowest BCUT2D eigenvalue weighted by atomic mass is 10.0. The molecule has 0 heterocycles. The van der Waals surface area contributed by atoms with Gasteiger partial charge >= 0.3 is 17.9 Å². The van der Waals surface area contributed by atoms with Crippen molar-refractivity contribution in [2.45, 2.75) is 329 Å². The van der Waals surface area contributed by atoms with E-state index in [0.29, 0.717) is 19.3 Å². The average molecular weight is 1090 g/mol. The molecule has 1 atom stereocenters. The normalized spacial score (nSPS) is 12.7. The summed E-state index contributed by atoms with van der Waals surface area (Å²) in [6.07, 6.45) is 88.6. The minimum Gasteiger partial charge on any atom is -0.462 e. The fraction of sp³-hybridized carbons (Fsp3) is 0.736. The smallest absolute Gasteiger partial charge is 0.306 e. The molecular weight excluding hydrogens is 961 g/mol. The van der Waals surface area contributed by atoms with Crippen LogP contribution in [0.25, 0.3) is 0 Å². The van der Waals surface area contributed by atoms with Gasteiger partial charge in [-0.15, -0.1) is 0 Å². The Labute approximate surface area is 483 Å². The number of allylic oxidation sites excluding steroid dienone is 16. The van der Waals surface area contributed by atoms with E-state index < -0.39 is 12.1 Å². The third kappa shape index (κ3) is 63.2. The second-order valence-electron chi connectivity index (χ2n) is 22.0. The van der Waals surface area contributed by atoms with Crippen molar-refractivity contribution in [3.05, 3.63) is 97.2 Å². The molecule has 0 bridgehead atoms. The van der Waals surface area contributed by atoms with Crippen molar-refractivity contribution in [1.82, 2.24) is 0 Å². The van der Waals surface area contributed by atoms with Crippen molar-refractivity contribution < 1.29 is 28.6 Å². The minimum atomic E-state index is -0.822. The number of ether oxygens (including phenoxy) is 3. The Morgan fingerprint density at radius 3 is 0.859 bits per heavy atom. The molecule has 0 saturated carbocycles. The van der Waals surface area contributed by atoms with Crippen LogP contribution in [-0.2, 0) is 28.6 Å². The molecule has 0 N–H and O–H groups in total. The highest BCUT2D eigenvalue weighted by Crippen LogP contribution is 2.17. The summed E-state index contributed by atoms with van der Waals surface area (Å²) in [6, 6.07) is 0. The molecule has 0 rings (SSSR count). The van der Waals surface area contributed by atoms with Gasteiger partial charge < -0.3 is 14.2 Å². The molecule has 0 aromatic heterocycles. The van der Waals surface area contributed by atoms with E-state index in [9.17, 15) is 14.4 Å². The molecule has 0 amide bonds. The van der Waals surface area contributed by atoms with Gasteiger partial charge in [-0.2, -0.15) is 0 Å². The molecule has 0 aromatic carbocycles. The molecule has 0 aromatic rings. The molecule has 0 aliphatic heterocycles. The number of carbonyl (C=O) groups excluding carboxylic acids is 3. The van der Waals surface area contributed by atoms with Gasteiger partial charge in [0.15, 0.2) is 6.10 Å². The van der Waals surface area contributed by atoms with Gasteiger partial charge in [-0.1, -0.05) is 311 Å². The molecule has 1 unspecified atom stereocenters. The Morgan fingerprint density at radius 2 is 0.526 bits per heavy atom. The maximum absolute atomic E-state index is 12.9. The predicted molar refractivity (Wildman–Crippen MR) is 339 cm³/mol. The first-order chi connectivity index (χ1) is 38.5. The molecular formula is C72H124O6. The van der Waals surface area contributed by atoms with Crippen LogP contribution in [0.2, 0.25) is 0 Å². The number of rotatable bonds is 60. The summed E-state index contributed by atoms with van der Waals surface area (Å²) < 4.78 is 16.9. The van der Waals surface area contributed by atoms with Gasteiger partial charge in [-0.25, -0.2) is 0 Å². The summed E-state index contributed by atoms with van der Waals surface area (Å²) in [4.78, 5) is 38.3. The highest BCUT2D eigenvalue weighted by molar-refractivity contribution is 5.71. The predicted octanol–water partition coefficient (Wildman–Crippen LogP) is 22.8. The Bertz CT molecular complexity index is 1530. The molecule has 0 fully saturated rings. The van der Waals surface area contributed by atoms with Gasteiger partial charge in [0.1, 0.15) is 13.2 Å². The van der Waals surface area contributed by atoms with Crippen LogP contribution >= 0.6 is 0 Å². The van der Waals surface area contributed by atoms with Crippen molar-refractivity contribution in [2.24, 2.45) is 0 Å². The molecule has 78 heavy (non-hydrogen) atoms. The molecule has 6 heteroatoms. The van der Waals surface area contributed by atoms with Crippen LogP contribution in [0.4, 0.5) is 0 Å². The Hall–Kier alpha value is -3.67. The molecule has 0 spiro atoms. The zero-order valence-electron chi connectivity index (χ0n) is 51.4. The van der Waals surface area contributed by atoms with E-state index >= 15 is 0 Å². The van der Waals surface area contributed by atoms with E-state index in [0.717, 1.165) is 89.9 Å². The van der Waals surface area contributed by atoms with Crippen LogP contribution in [0.15, 0.2) is 97.2 Å². The second kappa shape index (κ2) is 65.8. The van der Waals surface area contributed by atoms with Crippen LogP contribution in [-0.4, -0.2) is 37.2 Å². The lowest BCUT2D eigenvalue weighted by Gasteiger charge is -2.18. The molecule has 0 aliphatic rings. The first kappa shape index (κ1) is 74.3. The van der Waals surface area contributed by atoms with Gasteiger partial charge in [0.05, 0.1) is 0 Å². The van der Waals surface area contributed by atoms with Crippen molar-refractivity contribution in [1.29, 1.82) is 0 Å². The van der Waals surface area contributed by atoms with Crippen LogP contribution in [0, 0.1) is 0 Å². The highest BCUT2D eigenvalue weighted by Gasteiger charge is 2.19. The van der Waals surface area contributed by atoms with Gasteiger partial charge in [-0.05, 0) is 89.9 Å². The highest BCUT2D eigenvalue weighted by atomic mass is 16.6. The Kier molecular flexibility index (Phi) is 62.7. The van der Waals surface area contributed by atoms with Crippen molar-refractivity contribution in [3.8, 4) is 0 Å². The maximum Gasteiger partial charge on any atom is 0.306 e. The first-order valence-corrected chi connectivity index (χ1v) is 33.2. The summed E-state index contributed by atoms with van der Waals surface area (Å²) in [5.41, 5.74) is 0. The van der Waals surface area contributed by atoms with E-state index in [1.807, 2.05) is 6.08 Å². The SMILES string of the molecule is CC/C=C\C/C=C\C/C=C\C/C=C\C/C=C\C/C=C\CCC(=O)OC(COC(=O)CCCCCCCCC/C=C\C/C=C\CCCCC)COC(=O)CCCCCCCCCCCCCCCCCCCCCCCCCC. The van der Waals surface area contributed by atoms with E-state index in [1.165, 1.54) is 186 Å². The van der Waals surface area contributed by atoms with Crippen LogP contribution in [0.5, 0.6) is 0 Å². The summed E-state index contributed by atoms with van der Waals surface area (Å²) in [6.45, 7) is 6.47. The number of carbonyl (C=O) groups is 3. The molecule has 0 aliphatic carbocycles. The second-order valence-corrected chi connectivity index (χ2v) is 22.0. The summed E-state index contributed by atoms with van der Waals surface area (Å²) in [7, 11) is 0. The topological polar surface area (TPSA) is 78.9 Å².